The Morgan fingerprint density at radius 1 is 1.31 bits per heavy atom. The quantitative estimate of drug-likeness (QED) is 0.392. The average Bonchev–Trinajstić information content (AvgIpc) is 3.21. The Morgan fingerprint density at radius 3 is 2.72 bits per heavy atom. The number of aliphatic hydroxyl groups is 3. The van der Waals surface area contributed by atoms with E-state index in [9.17, 15) is 15.3 Å². The van der Waals surface area contributed by atoms with E-state index in [1.165, 1.54) is 6.34 Å². The van der Waals surface area contributed by atoms with Crippen LogP contribution in [0.3, 0.4) is 0 Å². The van der Waals surface area contributed by atoms with E-state index in [0.717, 1.165) is 5.56 Å². The maximum atomic E-state index is 11.3. The lowest BCUT2D eigenvalue weighted by molar-refractivity contribution is -0.0666. The van der Waals surface area contributed by atoms with Crippen molar-refractivity contribution in [3.8, 4) is 0 Å². The third kappa shape index (κ3) is 3.60. The molecule has 1 aromatic carbocycles. The van der Waals surface area contributed by atoms with Crippen molar-refractivity contribution in [2.75, 3.05) is 13.2 Å². The highest BCUT2D eigenvalue weighted by Crippen LogP contribution is 2.34. The van der Waals surface area contributed by atoms with Crippen LogP contribution in [0.1, 0.15) is 12.5 Å². The van der Waals surface area contributed by atoms with Crippen LogP contribution in [0.25, 0.3) is 0 Å². The fourth-order valence-corrected chi connectivity index (χ4v) is 4.24. The van der Waals surface area contributed by atoms with Crippen LogP contribution in [0.2, 0.25) is 0 Å². The molecular weight excluding hydrogens is 394 g/mol. The molecule has 156 valence electrons. The first kappa shape index (κ1) is 20.5. The zero-order chi connectivity index (χ0) is 20.6. The molecule has 1 aromatic rings. The normalized spacial score (nSPS) is 36.2. The molecule has 1 fully saturated rings. The molecule has 10 heteroatoms. The van der Waals surface area contributed by atoms with E-state index < -0.39 is 35.7 Å². The van der Waals surface area contributed by atoms with Gasteiger partial charge in [-0.3, -0.25) is 10.2 Å². The first-order valence-corrected chi connectivity index (χ1v) is 10.1. The molecule has 0 spiro atoms. The fraction of sp³-hybridized carbons (Fsp3) is 0.526. The Morgan fingerprint density at radius 2 is 2.07 bits per heavy atom. The number of nitrogens with one attached hydrogen (secondary N) is 1. The van der Waals surface area contributed by atoms with Crippen molar-refractivity contribution in [1.82, 2.24) is 10.2 Å². The third-order valence-corrected chi connectivity index (χ3v) is 5.83. The maximum Gasteiger partial charge on any atom is 0.208 e. The molecule has 3 aliphatic heterocycles. The summed E-state index contributed by atoms with van der Waals surface area (Å²) in [7, 11) is 0. The molecule has 4 rings (SSSR count). The van der Waals surface area contributed by atoms with E-state index in [-0.39, 0.29) is 13.0 Å². The van der Waals surface area contributed by atoms with Gasteiger partial charge in [0.1, 0.15) is 24.4 Å². The van der Waals surface area contributed by atoms with E-state index in [0.29, 0.717) is 18.1 Å². The standard InChI is InChI=1S/C19H25N5O4S/c1-2-20-18-23-15-16(24(18)17-14(29)13(26)12(9-25)28-17)21-10-22-19(15,27)8-11-6-4-3-5-7-11/h3-7,10,12-14,17-18,20,25-27,29H,2,8-9H2,1H3/t12-,13-,14-,17-,18?,19?/m1/s1. The highest BCUT2D eigenvalue weighted by Gasteiger charge is 2.53. The second-order valence-electron chi connectivity index (χ2n) is 7.22. The van der Waals surface area contributed by atoms with Crippen molar-refractivity contribution in [1.29, 1.82) is 0 Å². The predicted molar refractivity (Wildman–Crippen MR) is 112 cm³/mol. The van der Waals surface area contributed by atoms with Gasteiger partial charge in [0.05, 0.1) is 18.0 Å². The minimum Gasteiger partial charge on any atom is -0.394 e. The van der Waals surface area contributed by atoms with Crippen LogP contribution in [0.4, 0.5) is 0 Å². The minimum absolute atomic E-state index is 0.243. The highest BCUT2D eigenvalue weighted by atomic mass is 32.1. The number of ether oxygens (including phenoxy) is 1. The lowest BCUT2D eigenvalue weighted by Crippen LogP contribution is -2.55. The molecule has 0 aromatic heterocycles. The van der Waals surface area contributed by atoms with Gasteiger partial charge in [-0.2, -0.15) is 12.6 Å². The summed E-state index contributed by atoms with van der Waals surface area (Å²) in [4.78, 5) is 15.0. The van der Waals surface area contributed by atoms with Crippen LogP contribution in [-0.2, 0) is 11.2 Å². The van der Waals surface area contributed by atoms with Crippen LogP contribution in [0.5, 0.6) is 0 Å². The van der Waals surface area contributed by atoms with Crippen LogP contribution < -0.4 is 5.32 Å². The van der Waals surface area contributed by atoms with Crippen molar-refractivity contribution in [3.05, 3.63) is 35.9 Å². The second-order valence-corrected chi connectivity index (χ2v) is 7.82. The molecule has 3 heterocycles. The largest absolute Gasteiger partial charge is 0.394 e. The molecule has 29 heavy (non-hydrogen) atoms. The molecule has 6 atom stereocenters. The van der Waals surface area contributed by atoms with Gasteiger partial charge in [0, 0.05) is 6.42 Å². The number of fused-ring (bicyclic) bond motifs is 1. The number of aliphatic hydroxyl groups excluding tert-OH is 2. The van der Waals surface area contributed by atoms with Gasteiger partial charge in [-0.1, -0.05) is 37.3 Å². The van der Waals surface area contributed by atoms with E-state index in [4.69, 9.17) is 4.74 Å². The molecule has 1 saturated heterocycles. The van der Waals surface area contributed by atoms with E-state index >= 15 is 0 Å². The van der Waals surface area contributed by atoms with Crippen molar-refractivity contribution >= 4 is 30.5 Å². The summed E-state index contributed by atoms with van der Waals surface area (Å²) in [5, 5.41) is 33.8. The number of nitrogens with zero attached hydrogens (tertiary/aromatic N) is 4. The zero-order valence-corrected chi connectivity index (χ0v) is 16.9. The summed E-state index contributed by atoms with van der Waals surface area (Å²) in [6.45, 7) is 2.22. The van der Waals surface area contributed by atoms with Gasteiger partial charge in [0.25, 0.3) is 0 Å². The summed E-state index contributed by atoms with van der Waals surface area (Å²) < 4.78 is 5.86. The van der Waals surface area contributed by atoms with Gasteiger partial charge in [-0.15, -0.1) is 0 Å². The molecule has 4 N–H and O–H groups in total. The SMILES string of the molecule is CCNC1N=C2C(=NC=NC2(O)Cc2ccccc2)N1[C@@H]1O[C@H](CO)[C@@H](O)[C@H]1S. The average molecular weight is 420 g/mol. The Labute approximate surface area is 174 Å². The number of thiol groups is 1. The maximum absolute atomic E-state index is 11.3. The monoisotopic (exact) mass is 419 g/mol. The molecule has 9 nitrogen and oxygen atoms in total. The Bertz CT molecular complexity index is 835. The number of hydrogen-bond donors (Lipinski definition) is 5. The molecule has 0 aliphatic carbocycles. The zero-order valence-electron chi connectivity index (χ0n) is 16.0. The van der Waals surface area contributed by atoms with E-state index in [1.54, 1.807) is 4.90 Å². The number of rotatable bonds is 6. The molecule has 0 amide bonds. The summed E-state index contributed by atoms with van der Waals surface area (Å²) >= 11 is 4.50. The number of hydrogen-bond acceptors (Lipinski definition) is 10. The molecule has 0 bridgehead atoms. The second kappa shape index (κ2) is 8.13. The number of benzene rings is 1. The van der Waals surface area contributed by atoms with Crippen LogP contribution in [-0.4, -0.2) is 87.0 Å². The molecular formula is C19H25N5O4S. The van der Waals surface area contributed by atoms with Crippen LogP contribution >= 0.6 is 12.6 Å². The lowest BCUT2D eigenvalue weighted by atomic mass is 9.97. The predicted octanol–water partition coefficient (Wildman–Crippen LogP) is -0.616. The summed E-state index contributed by atoms with van der Waals surface area (Å²) in [6.07, 6.45) is -1.40. The van der Waals surface area contributed by atoms with Crippen molar-refractivity contribution < 1.29 is 20.1 Å². The van der Waals surface area contributed by atoms with Gasteiger partial charge in [0.15, 0.2) is 12.1 Å². The summed E-state index contributed by atoms with van der Waals surface area (Å²) in [6, 6.07) is 9.55. The first-order chi connectivity index (χ1) is 14.0. The van der Waals surface area contributed by atoms with Gasteiger partial charge >= 0.3 is 0 Å². The Balaban J connectivity index is 1.66. The van der Waals surface area contributed by atoms with Gasteiger partial charge in [-0.05, 0) is 12.1 Å². The molecule has 2 unspecified atom stereocenters. The Kier molecular flexibility index (Phi) is 5.74. The van der Waals surface area contributed by atoms with Crippen LogP contribution in [0.15, 0.2) is 45.3 Å². The topological polar surface area (TPSA) is 122 Å². The van der Waals surface area contributed by atoms with Crippen molar-refractivity contribution in [3.63, 3.8) is 0 Å². The lowest BCUT2D eigenvalue weighted by Gasteiger charge is -2.34. The molecule has 3 aliphatic rings. The fourth-order valence-electron chi connectivity index (χ4n) is 3.84. The summed E-state index contributed by atoms with van der Waals surface area (Å²) in [5.74, 6) is 0.416. The number of amidine groups is 1. The van der Waals surface area contributed by atoms with E-state index in [1.807, 2.05) is 37.3 Å². The smallest absolute Gasteiger partial charge is 0.208 e. The van der Waals surface area contributed by atoms with Crippen molar-refractivity contribution in [2.24, 2.45) is 15.0 Å². The minimum atomic E-state index is -1.57. The third-order valence-electron chi connectivity index (χ3n) is 5.27. The van der Waals surface area contributed by atoms with Gasteiger partial charge < -0.3 is 20.1 Å². The molecule has 0 radical (unpaired) electrons. The van der Waals surface area contributed by atoms with Crippen molar-refractivity contribution in [2.45, 2.75) is 49.0 Å². The van der Waals surface area contributed by atoms with Gasteiger partial charge in [-0.25, -0.2) is 15.0 Å². The van der Waals surface area contributed by atoms with Crippen LogP contribution in [0, 0.1) is 0 Å². The summed E-state index contributed by atoms with van der Waals surface area (Å²) in [5.41, 5.74) is -0.323. The number of aliphatic imine (C=N–C) groups is 3. The first-order valence-electron chi connectivity index (χ1n) is 9.59. The van der Waals surface area contributed by atoms with Gasteiger partial charge in [0.2, 0.25) is 5.72 Å². The Hall–Kier alpha value is -1.82. The highest BCUT2D eigenvalue weighted by molar-refractivity contribution is 7.81. The molecule has 0 saturated carbocycles. The van der Waals surface area contributed by atoms with E-state index in [2.05, 4.69) is 32.9 Å².